The van der Waals surface area contributed by atoms with E-state index in [1.54, 1.807) is 19.1 Å². The molecule has 2 aromatic rings. The first-order valence-corrected chi connectivity index (χ1v) is 8.31. The van der Waals surface area contributed by atoms with Crippen molar-refractivity contribution in [1.82, 2.24) is 5.06 Å². The second-order valence-electron chi connectivity index (χ2n) is 6.09. The van der Waals surface area contributed by atoms with Gasteiger partial charge in [0.05, 0.1) is 5.71 Å². The highest BCUT2D eigenvalue weighted by molar-refractivity contribution is 6.01. The molecule has 1 heterocycles. The lowest BCUT2D eigenvalue weighted by Crippen LogP contribution is -2.38. The predicted molar refractivity (Wildman–Crippen MR) is 97.4 cm³/mol. The fourth-order valence-electron chi connectivity index (χ4n) is 2.59. The number of primary amides is 1. The lowest BCUT2D eigenvalue weighted by atomic mass is 9.99. The van der Waals surface area contributed by atoms with Crippen molar-refractivity contribution in [2.24, 2.45) is 10.9 Å². The first kappa shape index (κ1) is 18.4. The Morgan fingerprint density at radius 3 is 2.59 bits per heavy atom. The number of amides is 2. The van der Waals surface area contributed by atoms with Crippen molar-refractivity contribution in [3.63, 3.8) is 0 Å². The molecule has 7 heteroatoms. The number of carbonyl (C=O) groups excluding carboxylic acids is 1. The molecule has 1 aliphatic rings. The number of hydrogen-bond donors (Lipinski definition) is 2. The SMILES string of the molecule is CC(C#Cc1ccc(C2CC(c3ccc(F)cc3)=NO2)cc1)N(O)C(N)=O. The summed E-state index contributed by atoms with van der Waals surface area (Å²) in [6.45, 7) is 1.56. The molecule has 0 spiro atoms. The van der Waals surface area contributed by atoms with Crippen molar-refractivity contribution in [1.29, 1.82) is 0 Å². The molecule has 0 aliphatic carbocycles. The molecule has 0 saturated carbocycles. The van der Waals surface area contributed by atoms with Crippen molar-refractivity contribution in [2.45, 2.75) is 25.5 Å². The van der Waals surface area contributed by atoms with E-state index in [9.17, 15) is 14.4 Å². The van der Waals surface area contributed by atoms with Gasteiger partial charge in [0.15, 0.2) is 6.10 Å². The van der Waals surface area contributed by atoms with Gasteiger partial charge in [-0.15, -0.1) is 0 Å². The third-order valence-electron chi connectivity index (χ3n) is 4.15. The zero-order valence-electron chi connectivity index (χ0n) is 14.6. The van der Waals surface area contributed by atoms with Crippen LogP contribution in [-0.4, -0.2) is 28.1 Å². The molecule has 2 amide bonds. The van der Waals surface area contributed by atoms with E-state index in [4.69, 9.17) is 10.6 Å². The van der Waals surface area contributed by atoms with Crippen LogP contribution in [0.15, 0.2) is 53.7 Å². The number of hydroxylamine groups is 2. The number of oxime groups is 1. The first-order valence-electron chi connectivity index (χ1n) is 8.31. The molecule has 2 unspecified atom stereocenters. The van der Waals surface area contributed by atoms with Gasteiger partial charge in [0.25, 0.3) is 0 Å². The molecule has 0 fully saturated rings. The Morgan fingerprint density at radius 2 is 1.96 bits per heavy atom. The highest BCUT2D eigenvalue weighted by atomic mass is 19.1. The molecular formula is C20H18FN3O3. The summed E-state index contributed by atoms with van der Waals surface area (Å²) in [5, 5.41) is 13.9. The van der Waals surface area contributed by atoms with E-state index in [-0.39, 0.29) is 11.9 Å². The molecule has 0 aromatic heterocycles. The second-order valence-corrected chi connectivity index (χ2v) is 6.09. The molecule has 3 rings (SSSR count). The van der Waals surface area contributed by atoms with Gasteiger partial charge in [-0.05, 0) is 42.3 Å². The van der Waals surface area contributed by atoms with Crippen LogP contribution in [0, 0.1) is 17.7 Å². The van der Waals surface area contributed by atoms with Gasteiger partial charge in [-0.3, -0.25) is 5.21 Å². The second kappa shape index (κ2) is 7.89. The Hall–Kier alpha value is -3.37. The maximum Gasteiger partial charge on any atom is 0.339 e. The predicted octanol–water partition coefficient (Wildman–Crippen LogP) is 3.20. The van der Waals surface area contributed by atoms with Crippen LogP contribution in [0.25, 0.3) is 0 Å². The van der Waals surface area contributed by atoms with Gasteiger partial charge in [0.1, 0.15) is 11.9 Å². The number of halogens is 1. The van der Waals surface area contributed by atoms with Crippen LogP contribution in [0.3, 0.4) is 0 Å². The summed E-state index contributed by atoms with van der Waals surface area (Å²) in [5.41, 5.74) is 8.25. The topological polar surface area (TPSA) is 88.2 Å². The maximum atomic E-state index is 13.0. The number of hydrogen-bond acceptors (Lipinski definition) is 4. The van der Waals surface area contributed by atoms with Crippen LogP contribution >= 0.6 is 0 Å². The fourth-order valence-corrected chi connectivity index (χ4v) is 2.59. The van der Waals surface area contributed by atoms with Crippen LogP contribution in [0.2, 0.25) is 0 Å². The molecule has 2 atom stereocenters. The van der Waals surface area contributed by atoms with E-state index in [2.05, 4.69) is 17.0 Å². The summed E-state index contributed by atoms with van der Waals surface area (Å²) in [5.74, 6) is 5.33. The summed E-state index contributed by atoms with van der Waals surface area (Å²) >= 11 is 0. The Morgan fingerprint density at radius 1 is 1.30 bits per heavy atom. The quantitative estimate of drug-likeness (QED) is 0.496. The zero-order valence-corrected chi connectivity index (χ0v) is 14.6. The number of nitrogens with zero attached hydrogens (tertiary/aromatic N) is 2. The maximum absolute atomic E-state index is 13.0. The molecule has 0 saturated heterocycles. The average Bonchev–Trinajstić information content (AvgIpc) is 3.16. The Labute approximate surface area is 156 Å². The van der Waals surface area contributed by atoms with E-state index in [1.165, 1.54) is 12.1 Å². The number of rotatable bonds is 3. The molecule has 0 radical (unpaired) electrons. The van der Waals surface area contributed by atoms with E-state index in [1.807, 2.05) is 24.3 Å². The normalized spacial score (nSPS) is 16.6. The summed E-state index contributed by atoms with van der Waals surface area (Å²) in [4.78, 5) is 16.4. The standard InChI is InChI=1S/C20H18FN3O3/c1-13(24(26)20(22)25)2-3-14-4-6-16(7-5-14)19-12-18(23-27-19)15-8-10-17(21)11-9-15/h4-11,13,19,26H,12H2,1H3,(H2,22,25). The van der Waals surface area contributed by atoms with Crippen LogP contribution < -0.4 is 5.73 Å². The van der Waals surface area contributed by atoms with Crippen LogP contribution in [0.5, 0.6) is 0 Å². The number of urea groups is 1. The largest absolute Gasteiger partial charge is 0.387 e. The highest BCUT2D eigenvalue weighted by Crippen LogP contribution is 2.29. The van der Waals surface area contributed by atoms with Gasteiger partial charge >= 0.3 is 6.03 Å². The summed E-state index contributed by atoms with van der Waals surface area (Å²) in [7, 11) is 0. The van der Waals surface area contributed by atoms with E-state index < -0.39 is 12.1 Å². The lowest BCUT2D eigenvalue weighted by molar-refractivity contribution is -0.0536. The van der Waals surface area contributed by atoms with Crippen molar-refractivity contribution < 1.29 is 19.2 Å². The van der Waals surface area contributed by atoms with Crippen molar-refractivity contribution in [3.8, 4) is 11.8 Å². The third-order valence-corrected chi connectivity index (χ3v) is 4.15. The fraction of sp³-hybridized carbons (Fsp3) is 0.200. The molecule has 138 valence electrons. The molecule has 0 bridgehead atoms. The van der Waals surface area contributed by atoms with Crippen LogP contribution in [0.4, 0.5) is 9.18 Å². The lowest BCUT2D eigenvalue weighted by Gasteiger charge is -2.14. The Kier molecular flexibility index (Phi) is 5.38. The minimum atomic E-state index is -0.956. The summed E-state index contributed by atoms with van der Waals surface area (Å²) in [6, 6.07) is 11.9. The van der Waals surface area contributed by atoms with Crippen molar-refractivity contribution in [2.75, 3.05) is 0 Å². The third kappa shape index (κ3) is 4.43. The Bertz CT molecular complexity index is 914. The molecule has 27 heavy (non-hydrogen) atoms. The smallest absolute Gasteiger partial charge is 0.339 e. The molecule has 6 nitrogen and oxygen atoms in total. The number of carbonyl (C=O) groups is 1. The van der Waals surface area contributed by atoms with Gasteiger partial charge in [-0.2, -0.15) is 5.06 Å². The van der Waals surface area contributed by atoms with Gasteiger partial charge < -0.3 is 10.6 Å². The molecule has 1 aliphatic heterocycles. The van der Waals surface area contributed by atoms with E-state index >= 15 is 0 Å². The van der Waals surface area contributed by atoms with Crippen molar-refractivity contribution >= 4 is 11.7 Å². The first-order chi connectivity index (χ1) is 12.9. The van der Waals surface area contributed by atoms with E-state index in [0.29, 0.717) is 11.5 Å². The molecule has 2 aromatic carbocycles. The molecular weight excluding hydrogens is 349 g/mol. The van der Waals surface area contributed by atoms with Gasteiger partial charge in [-0.1, -0.05) is 41.3 Å². The molecule has 3 N–H and O–H groups in total. The number of benzene rings is 2. The minimum Gasteiger partial charge on any atom is -0.387 e. The summed E-state index contributed by atoms with van der Waals surface area (Å²) < 4.78 is 13.0. The van der Waals surface area contributed by atoms with E-state index in [0.717, 1.165) is 22.4 Å². The van der Waals surface area contributed by atoms with Crippen molar-refractivity contribution in [3.05, 3.63) is 71.0 Å². The average molecular weight is 367 g/mol. The van der Waals surface area contributed by atoms with Crippen LogP contribution in [0.1, 0.15) is 36.1 Å². The van der Waals surface area contributed by atoms with Gasteiger partial charge in [0.2, 0.25) is 0 Å². The monoisotopic (exact) mass is 367 g/mol. The van der Waals surface area contributed by atoms with Crippen LogP contribution in [-0.2, 0) is 4.84 Å². The van der Waals surface area contributed by atoms with Gasteiger partial charge in [-0.25, -0.2) is 9.18 Å². The minimum absolute atomic E-state index is 0.214. The Balaban J connectivity index is 1.64. The number of nitrogens with two attached hydrogens (primary N) is 1. The van der Waals surface area contributed by atoms with Gasteiger partial charge in [0, 0.05) is 12.0 Å². The highest BCUT2D eigenvalue weighted by Gasteiger charge is 2.23. The summed E-state index contributed by atoms with van der Waals surface area (Å²) in [6.07, 6.45) is 0.375. The zero-order chi connectivity index (χ0) is 19.4.